The van der Waals surface area contributed by atoms with E-state index in [0.29, 0.717) is 0 Å². The Morgan fingerprint density at radius 1 is 1.38 bits per heavy atom. The Hall–Kier alpha value is -1.16. The van der Waals surface area contributed by atoms with Crippen molar-refractivity contribution in [3.05, 3.63) is 18.9 Å². The van der Waals surface area contributed by atoms with E-state index in [0.717, 1.165) is 11.2 Å². The average molecular weight is 197 g/mol. The molecule has 5 heteroatoms. The van der Waals surface area contributed by atoms with Crippen molar-refractivity contribution in [3.8, 4) is 0 Å². The predicted octanol–water partition coefficient (Wildman–Crippen LogP) is 1.76. The largest absolute Gasteiger partial charge is 0.296 e. The Labute approximate surface area is 80.6 Å². The third-order valence-corrected chi connectivity index (χ3v) is 1.97. The van der Waals surface area contributed by atoms with Crippen LogP contribution >= 0.6 is 11.6 Å². The Balaban J connectivity index is 2.72. The van der Waals surface area contributed by atoms with E-state index in [-0.39, 0.29) is 0 Å². The number of hydrogen-bond donors (Lipinski definition) is 0. The Kier molecular flexibility index (Phi) is 1.73. The first-order valence-corrected chi connectivity index (χ1v) is 4.29. The highest BCUT2D eigenvalue weighted by molar-refractivity contribution is 6.21. The molecule has 2 aromatic rings. The maximum Gasteiger partial charge on any atom is 0.164 e. The van der Waals surface area contributed by atoms with Crippen LogP contribution in [0.4, 0.5) is 0 Å². The summed E-state index contributed by atoms with van der Waals surface area (Å²) < 4.78 is 1.81. The van der Waals surface area contributed by atoms with Gasteiger partial charge in [-0.25, -0.2) is 15.0 Å². The average Bonchev–Trinajstić information content (AvgIpc) is 2.45. The lowest BCUT2D eigenvalue weighted by atomic mass is 10.4. The van der Waals surface area contributed by atoms with Gasteiger partial charge in [0.1, 0.15) is 16.8 Å². The summed E-state index contributed by atoms with van der Waals surface area (Å²) in [4.78, 5) is 11.6. The molecule has 0 bridgehead atoms. The summed E-state index contributed by atoms with van der Waals surface area (Å²) in [6.07, 6.45) is 4.83. The maximum absolute atomic E-state index is 6.14. The molecule has 0 unspecified atom stereocenters. The summed E-state index contributed by atoms with van der Waals surface area (Å²) >= 11 is 6.14. The molecule has 13 heavy (non-hydrogen) atoms. The number of nitrogens with zero attached hydrogens (tertiary/aromatic N) is 4. The van der Waals surface area contributed by atoms with Crippen molar-refractivity contribution in [2.45, 2.75) is 18.8 Å². The second-order valence-electron chi connectivity index (χ2n) is 3.26. The fourth-order valence-electron chi connectivity index (χ4n) is 1.16. The van der Waals surface area contributed by atoms with Crippen LogP contribution in [-0.2, 0) is 5.00 Å². The molecule has 2 aromatic heterocycles. The second-order valence-corrected chi connectivity index (χ2v) is 4.18. The van der Waals surface area contributed by atoms with Crippen LogP contribution in [0.3, 0.4) is 0 Å². The Bertz CT molecular complexity index is 429. The van der Waals surface area contributed by atoms with Crippen LogP contribution in [0.25, 0.3) is 11.2 Å². The highest BCUT2D eigenvalue weighted by Crippen LogP contribution is 2.23. The number of imidazole rings is 1. The molecular weight excluding hydrogens is 188 g/mol. The zero-order chi connectivity index (χ0) is 9.47. The Morgan fingerprint density at radius 3 is 2.85 bits per heavy atom. The first-order chi connectivity index (χ1) is 6.09. The molecule has 0 spiro atoms. The van der Waals surface area contributed by atoms with E-state index in [1.165, 1.54) is 6.33 Å². The van der Waals surface area contributed by atoms with E-state index in [2.05, 4.69) is 15.0 Å². The van der Waals surface area contributed by atoms with Crippen molar-refractivity contribution in [1.82, 2.24) is 19.5 Å². The number of hydrogen-bond acceptors (Lipinski definition) is 3. The molecular formula is C8H9ClN4. The number of fused-ring (bicyclic) bond motifs is 1. The highest BCUT2D eigenvalue weighted by atomic mass is 35.5. The smallest absolute Gasteiger partial charge is 0.164 e. The molecule has 2 rings (SSSR count). The first kappa shape index (κ1) is 8.44. The van der Waals surface area contributed by atoms with Crippen LogP contribution in [0.2, 0.25) is 0 Å². The normalized spacial score (nSPS) is 12.2. The Morgan fingerprint density at radius 2 is 2.15 bits per heavy atom. The van der Waals surface area contributed by atoms with Crippen molar-refractivity contribution < 1.29 is 0 Å². The van der Waals surface area contributed by atoms with Crippen LogP contribution in [0.1, 0.15) is 13.8 Å². The predicted molar refractivity (Wildman–Crippen MR) is 50.5 cm³/mol. The van der Waals surface area contributed by atoms with Gasteiger partial charge in [-0.05, 0) is 13.8 Å². The van der Waals surface area contributed by atoms with Gasteiger partial charge in [-0.2, -0.15) is 0 Å². The van der Waals surface area contributed by atoms with Gasteiger partial charge in [0.15, 0.2) is 5.65 Å². The molecule has 0 aliphatic heterocycles. The van der Waals surface area contributed by atoms with Gasteiger partial charge < -0.3 is 0 Å². The number of aromatic nitrogens is 4. The molecule has 0 saturated carbocycles. The summed E-state index contributed by atoms with van der Waals surface area (Å²) in [6.45, 7) is 3.77. The molecule has 0 amide bonds. The van der Waals surface area contributed by atoms with E-state index < -0.39 is 5.00 Å². The molecule has 0 radical (unpaired) electrons. The molecule has 0 saturated heterocycles. The lowest BCUT2D eigenvalue weighted by Gasteiger charge is -2.17. The van der Waals surface area contributed by atoms with Crippen molar-refractivity contribution >= 4 is 22.8 Å². The minimum absolute atomic E-state index is 0.511. The molecule has 0 N–H and O–H groups in total. The molecule has 0 aromatic carbocycles. The molecule has 0 fully saturated rings. The van der Waals surface area contributed by atoms with E-state index in [9.17, 15) is 0 Å². The lowest BCUT2D eigenvalue weighted by molar-refractivity contribution is 0.535. The zero-order valence-corrected chi connectivity index (χ0v) is 8.15. The summed E-state index contributed by atoms with van der Waals surface area (Å²) in [5.74, 6) is 0. The van der Waals surface area contributed by atoms with Crippen molar-refractivity contribution in [2.24, 2.45) is 0 Å². The van der Waals surface area contributed by atoms with E-state index >= 15 is 0 Å². The SMILES string of the molecule is CC(C)(Cl)n1cnc2cncnc21. The third-order valence-electron chi connectivity index (χ3n) is 1.79. The van der Waals surface area contributed by atoms with Crippen molar-refractivity contribution in [2.75, 3.05) is 0 Å². The monoisotopic (exact) mass is 196 g/mol. The topological polar surface area (TPSA) is 43.6 Å². The van der Waals surface area contributed by atoms with Crippen LogP contribution in [0, 0.1) is 0 Å². The van der Waals surface area contributed by atoms with Gasteiger partial charge in [0.25, 0.3) is 0 Å². The van der Waals surface area contributed by atoms with Gasteiger partial charge in [0.2, 0.25) is 0 Å². The van der Waals surface area contributed by atoms with Crippen LogP contribution < -0.4 is 0 Å². The number of halogens is 1. The van der Waals surface area contributed by atoms with Gasteiger partial charge in [-0.1, -0.05) is 11.6 Å². The van der Waals surface area contributed by atoms with Crippen molar-refractivity contribution in [1.29, 1.82) is 0 Å². The fraction of sp³-hybridized carbons (Fsp3) is 0.375. The standard InChI is InChI=1S/C8H9ClN4/c1-8(2,9)13-5-12-6-3-10-4-11-7(6)13/h3-5H,1-2H3. The van der Waals surface area contributed by atoms with Gasteiger partial charge >= 0.3 is 0 Å². The summed E-state index contributed by atoms with van der Waals surface area (Å²) in [5.41, 5.74) is 1.52. The molecule has 0 atom stereocenters. The number of rotatable bonds is 1. The van der Waals surface area contributed by atoms with Crippen LogP contribution in [0.15, 0.2) is 18.9 Å². The van der Waals surface area contributed by atoms with E-state index in [1.807, 2.05) is 18.4 Å². The minimum Gasteiger partial charge on any atom is -0.296 e. The summed E-state index contributed by atoms with van der Waals surface area (Å²) in [6, 6.07) is 0. The van der Waals surface area contributed by atoms with Gasteiger partial charge in [-0.3, -0.25) is 4.57 Å². The minimum atomic E-state index is -0.511. The quantitative estimate of drug-likeness (QED) is 0.653. The van der Waals surface area contributed by atoms with E-state index in [4.69, 9.17) is 11.6 Å². The van der Waals surface area contributed by atoms with Crippen LogP contribution in [0.5, 0.6) is 0 Å². The van der Waals surface area contributed by atoms with E-state index in [1.54, 1.807) is 12.5 Å². The highest BCUT2D eigenvalue weighted by Gasteiger charge is 2.18. The molecule has 2 heterocycles. The summed E-state index contributed by atoms with van der Waals surface area (Å²) in [5, 5.41) is 0. The fourth-order valence-corrected chi connectivity index (χ4v) is 1.28. The zero-order valence-electron chi connectivity index (χ0n) is 7.40. The van der Waals surface area contributed by atoms with Crippen molar-refractivity contribution in [3.63, 3.8) is 0 Å². The van der Waals surface area contributed by atoms with Gasteiger partial charge in [0, 0.05) is 0 Å². The summed E-state index contributed by atoms with van der Waals surface area (Å²) in [7, 11) is 0. The first-order valence-electron chi connectivity index (χ1n) is 3.91. The molecule has 4 nitrogen and oxygen atoms in total. The molecule has 0 aliphatic rings. The number of alkyl halides is 1. The maximum atomic E-state index is 6.14. The van der Waals surface area contributed by atoms with Gasteiger partial charge in [-0.15, -0.1) is 0 Å². The second kappa shape index (κ2) is 2.67. The van der Waals surface area contributed by atoms with Gasteiger partial charge in [0.05, 0.1) is 12.5 Å². The molecule has 68 valence electrons. The lowest BCUT2D eigenvalue weighted by Crippen LogP contribution is -2.17. The van der Waals surface area contributed by atoms with Crippen LogP contribution in [-0.4, -0.2) is 19.5 Å². The third kappa shape index (κ3) is 1.37. The molecule has 0 aliphatic carbocycles.